The highest BCUT2D eigenvalue weighted by molar-refractivity contribution is 7.99. The first-order valence-corrected chi connectivity index (χ1v) is 14.6. The van der Waals surface area contributed by atoms with Gasteiger partial charge in [-0.25, -0.2) is 0 Å². The molecule has 14 heteroatoms. The summed E-state index contributed by atoms with van der Waals surface area (Å²) >= 11 is 17.8. The molecule has 8 nitrogen and oxygen atoms in total. The van der Waals surface area contributed by atoms with Crippen LogP contribution in [0.5, 0.6) is 0 Å². The Labute approximate surface area is 260 Å². The number of carbonyl (C=O) groups is 2. The van der Waals surface area contributed by atoms with E-state index < -0.39 is 16.6 Å². The van der Waals surface area contributed by atoms with Crippen LogP contribution in [0.4, 0.5) is 14.5 Å². The van der Waals surface area contributed by atoms with Crippen LogP contribution in [0.2, 0.25) is 10.0 Å². The topological polar surface area (TPSA) is 106 Å². The molecule has 0 saturated carbocycles. The first-order valence-electron chi connectivity index (χ1n) is 12.7. The molecule has 0 atom stereocenters. The number of anilines is 1. The van der Waals surface area contributed by atoms with Gasteiger partial charge in [0, 0.05) is 35.1 Å². The summed E-state index contributed by atoms with van der Waals surface area (Å²) in [5, 5.41) is 8.76. The van der Waals surface area contributed by atoms with Crippen LogP contribution in [0, 0.1) is 0 Å². The number of H-pyrrole nitrogens is 1. The number of amides is 1. The molecule has 226 valence electrons. The summed E-state index contributed by atoms with van der Waals surface area (Å²) in [4.78, 5) is 40.2. The third kappa shape index (κ3) is 8.53. The zero-order valence-electron chi connectivity index (χ0n) is 22.7. The Morgan fingerprint density at radius 2 is 1.88 bits per heavy atom. The minimum absolute atomic E-state index is 0.0892. The predicted octanol–water partition coefficient (Wildman–Crippen LogP) is 5.63. The van der Waals surface area contributed by atoms with Crippen molar-refractivity contribution in [2.24, 2.45) is 0 Å². The van der Waals surface area contributed by atoms with Gasteiger partial charge in [0.15, 0.2) is 6.29 Å². The molecular formula is C28H29Cl3F2N4O4S. The number of aliphatic hydroxyl groups is 1. The Hall–Kier alpha value is -2.51. The van der Waals surface area contributed by atoms with Crippen LogP contribution in [0.15, 0.2) is 51.0 Å². The van der Waals surface area contributed by atoms with E-state index in [0.717, 1.165) is 62.5 Å². The van der Waals surface area contributed by atoms with Crippen molar-refractivity contribution >= 4 is 64.9 Å². The zero-order valence-corrected chi connectivity index (χ0v) is 25.8. The van der Waals surface area contributed by atoms with Crippen molar-refractivity contribution in [2.45, 2.75) is 41.3 Å². The Morgan fingerprint density at radius 3 is 2.50 bits per heavy atom. The lowest BCUT2D eigenvalue weighted by Gasteiger charge is -2.18. The molecule has 0 unspecified atom stereocenters. The van der Waals surface area contributed by atoms with Crippen molar-refractivity contribution in [1.82, 2.24) is 15.2 Å². The Balaban J connectivity index is 0.000000240. The molecule has 2 heterocycles. The number of benzene rings is 2. The first kappa shape index (κ1) is 34.0. The molecule has 0 spiro atoms. The van der Waals surface area contributed by atoms with E-state index in [4.69, 9.17) is 34.8 Å². The van der Waals surface area contributed by atoms with Crippen LogP contribution in [-0.2, 0) is 29.9 Å². The molecule has 0 saturated heterocycles. The quantitative estimate of drug-likeness (QED) is 0.139. The molecule has 0 aliphatic carbocycles. The van der Waals surface area contributed by atoms with Crippen LogP contribution < -0.4 is 15.8 Å². The Bertz CT molecular complexity index is 1490. The fourth-order valence-corrected chi connectivity index (χ4v) is 5.99. The molecule has 2 aromatic carbocycles. The predicted molar refractivity (Wildman–Crippen MR) is 162 cm³/mol. The number of fused-ring (bicyclic) bond motifs is 1. The average Bonchev–Trinajstić information content (AvgIpc) is 3.32. The van der Waals surface area contributed by atoms with Crippen molar-refractivity contribution in [3.8, 4) is 0 Å². The number of alkyl halides is 3. The minimum Gasteiger partial charge on any atom is -0.392 e. The molecule has 1 aromatic heterocycles. The van der Waals surface area contributed by atoms with Crippen LogP contribution in [0.25, 0.3) is 0 Å². The van der Waals surface area contributed by atoms with Gasteiger partial charge >= 0.3 is 5.38 Å². The number of halogens is 5. The Morgan fingerprint density at radius 1 is 1.17 bits per heavy atom. The number of aromatic nitrogens is 1. The Kier molecular flexibility index (Phi) is 12.4. The van der Waals surface area contributed by atoms with Crippen molar-refractivity contribution in [3.63, 3.8) is 0 Å². The number of hydrogen-bond donors (Lipinski definition) is 3. The highest BCUT2D eigenvalue weighted by atomic mass is 35.5. The highest BCUT2D eigenvalue weighted by Crippen LogP contribution is 2.42. The van der Waals surface area contributed by atoms with Gasteiger partial charge in [-0.15, -0.1) is 0 Å². The number of carbonyl (C=O) groups excluding carboxylic acids is 2. The highest BCUT2D eigenvalue weighted by Gasteiger charge is 2.31. The van der Waals surface area contributed by atoms with Crippen LogP contribution in [0.1, 0.15) is 39.2 Å². The van der Waals surface area contributed by atoms with E-state index in [-0.39, 0.29) is 38.3 Å². The van der Waals surface area contributed by atoms with Crippen molar-refractivity contribution < 1.29 is 23.5 Å². The molecule has 1 aliphatic heterocycles. The number of nitrogens with zero attached hydrogens (tertiary/aromatic N) is 2. The first-order chi connectivity index (χ1) is 19.9. The van der Waals surface area contributed by atoms with E-state index in [2.05, 4.69) is 29.4 Å². The summed E-state index contributed by atoms with van der Waals surface area (Å²) in [6.45, 7) is 3.31. The van der Waals surface area contributed by atoms with Gasteiger partial charge in [0.05, 0.1) is 22.2 Å². The van der Waals surface area contributed by atoms with E-state index in [0.29, 0.717) is 5.56 Å². The van der Waals surface area contributed by atoms with Gasteiger partial charge in [0.1, 0.15) is 5.69 Å². The summed E-state index contributed by atoms with van der Waals surface area (Å²) in [5.41, 5.74) is 1.83. The van der Waals surface area contributed by atoms with Gasteiger partial charge in [0.2, 0.25) is 6.41 Å². The van der Waals surface area contributed by atoms with E-state index in [1.165, 1.54) is 23.3 Å². The second-order valence-corrected chi connectivity index (χ2v) is 11.7. The van der Waals surface area contributed by atoms with Crippen LogP contribution >= 0.6 is 46.6 Å². The molecule has 4 rings (SSSR count). The van der Waals surface area contributed by atoms with Gasteiger partial charge < -0.3 is 20.3 Å². The molecular weight excluding hydrogens is 633 g/mol. The standard InChI is InChI=1S/C14H8Cl3F2NO3S.C14H21N3O/c15-8-2-1-6(4-21)11(16)12(8)24-9-3-10(14(17,18)19)20-13(23)7(9)5-22;1-15-6-3-7-17(11-18)14-5-4-12-9-16(2)10-13(12)8-14/h1-3,5,21H,4H2,(H,20,23);4-5,8,11,15H,3,6-7,9-10H2,1-2H3. The van der Waals surface area contributed by atoms with Crippen LogP contribution in [0.3, 0.4) is 0 Å². The lowest BCUT2D eigenvalue weighted by Crippen LogP contribution is -2.25. The zero-order chi connectivity index (χ0) is 31.0. The van der Waals surface area contributed by atoms with E-state index in [1.54, 1.807) is 4.90 Å². The fraction of sp³-hybridized carbons (Fsp3) is 0.321. The molecule has 1 amide bonds. The van der Waals surface area contributed by atoms with Gasteiger partial charge in [0.25, 0.3) is 5.56 Å². The lowest BCUT2D eigenvalue weighted by molar-refractivity contribution is -0.107. The van der Waals surface area contributed by atoms with E-state index in [9.17, 15) is 28.3 Å². The minimum atomic E-state index is -3.82. The summed E-state index contributed by atoms with van der Waals surface area (Å²) in [7, 11) is 4.04. The average molecular weight is 662 g/mol. The molecule has 3 N–H and O–H groups in total. The molecule has 0 fully saturated rings. The maximum absolute atomic E-state index is 13.3. The van der Waals surface area contributed by atoms with E-state index in [1.807, 2.05) is 18.1 Å². The number of aromatic amines is 1. The number of nitrogens with one attached hydrogen (secondary N) is 2. The van der Waals surface area contributed by atoms with Gasteiger partial charge in [-0.1, -0.05) is 47.1 Å². The number of pyridine rings is 1. The second kappa shape index (κ2) is 15.3. The summed E-state index contributed by atoms with van der Waals surface area (Å²) < 4.78 is 26.6. The maximum atomic E-state index is 13.3. The summed E-state index contributed by atoms with van der Waals surface area (Å²) in [6, 6.07) is 10.2. The fourth-order valence-electron chi connectivity index (χ4n) is 4.19. The number of hydrogen-bond acceptors (Lipinski definition) is 7. The molecule has 1 aliphatic rings. The van der Waals surface area contributed by atoms with E-state index >= 15 is 0 Å². The molecule has 42 heavy (non-hydrogen) atoms. The van der Waals surface area contributed by atoms with Crippen molar-refractivity contribution in [2.75, 3.05) is 32.1 Å². The lowest BCUT2D eigenvalue weighted by atomic mass is 10.1. The monoisotopic (exact) mass is 660 g/mol. The maximum Gasteiger partial charge on any atom is 0.362 e. The third-order valence-corrected chi connectivity index (χ3v) is 8.68. The number of aliphatic hydroxyl groups excluding tert-OH is 1. The summed E-state index contributed by atoms with van der Waals surface area (Å²) in [5.74, 6) is 0. The van der Waals surface area contributed by atoms with Gasteiger partial charge in [-0.2, -0.15) is 8.78 Å². The van der Waals surface area contributed by atoms with Crippen molar-refractivity contribution in [3.05, 3.63) is 84.7 Å². The van der Waals surface area contributed by atoms with Crippen LogP contribution in [-0.4, -0.2) is 54.9 Å². The normalized spacial score (nSPS) is 12.9. The van der Waals surface area contributed by atoms with Crippen molar-refractivity contribution in [1.29, 1.82) is 0 Å². The molecule has 3 aromatic rings. The largest absolute Gasteiger partial charge is 0.392 e. The smallest absolute Gasteiger partial charge is 0.362 e. The summed E-state index contributed by atoms with van der Waals surface area (Å²) in [6.07, 6.45) is 2.12. The SMILES string of the molecule is CNCCCN(C=O)c1ccc2c(c1)CN(C)C2.O=Cc1c(Sc2c(Cl)ccc(CO)c2Cl)cc(C(F)(F)Cl)[nH]c1=O. The van der Waals surface area contributed by atoms with Gasteiger partial charge in [-0.3, -0.25) is 19.3 Å². The second-order valence-electron chi connectivity index (χ2n) is 9.40. The third-order valence-electron chi connectivity index (χ3n) is 6.32. The molecule has 0 bridgehead atoms. The number of aldehydes is 1. The van der Waals surface area contributed by atoms with Gasteiger partial charge in [-0.05, 0) is 79.6 Å². The number of rotatable bonds is 11. The molecule has 0 radical (unpaired) electrons.